The minimum absolute atomic E-state index is 0. The van der Waals surface area contributed by atoms with Crippen molar-refractivity contribution in [2.45, 2.75) is 37.9 Å². The zero-order valence-corrected chi connectivity index (χ0v) is 16.7. The Balaban J connectivity index is 0.000000156. The number of pyridine rings is 1. The van der Waals surface area contributed by atoms with Gasteiger partial charge in [-0.15, -0.1) is 17.5 Å². The summed E-state index contributed by atoms with van der Waals surface area (Å²) in [5, 5.41) is 19.8. The molecule has 5 rings (SSSR count). The SMILES string of the molecule is OC1CCC2CCC(O)C12.[Ir].[c-]1c(-c2ccccn2)oc2ccccc12. The van der Waals surface area contributed by atoms with Crippen LogP contribution in [0.15, 0.2) is 53.1 Å². The van der Waals surface area contributed by atoms with Crippen molar-refractivity contribution >= 4 is 11.0 Å². The Hall–Kier alpha value is -1.52. The van der Waals surface area contributed by atoms with E-state index in [-0.39, 0.29) is 38.2 Å². The molecule has 0 amide bonds. The molecule has 4 nitrogen and oxygen atoms in total. The smallest absolute Gasteiger partial charge is 0.0595 e. The van der Waals surface area contributed by atoms with Crippen LogP contribution in [-0.2, 0) is 20.1 Å². The van der Waals surface area contributed by atoms with Gasteiger partial charge in [-0.2, -0.15) is 0 Å². The van der Waals surface area contributed by atoms with Crippen molar-refractivity contribution in [1.29, 1.82) is 0 Å². The molecule has 2 heterocycles. The molecule has 2 unspecified atom stereocenters. The molecule has 2 fully saturated rings. The Morgan fingerprint density at radius 2 is 1.62 bits per heavy atom. The molecule has 2 aliphatic carbocycles. The second-order valence-electron chi connectivity index (χ2n) is 6.89. The number of aliphatic hydroxyl groups excluding tert-OH is 2. The molecule has 2 aliphatic rings. The molecule has 0 aliphatic heterocycles. The molecule has 3 aromatic rings. The van der Waals surface area contributed by atoms with Gasteiger partial charge in [0.05, 0.1) is 18.0 Å². The van der Waals surface area contributed by atoms with Crippen molar-refractivity contribution < 1.29 is 34.7 Å². The summed E-state index contributed by atoms with van der Waals surface area (Å²) in [6.07, 6.45) is 5.41. The predicted molar refractivity (Wildman–Crippen MR) is 95.7 cm³/mol. The first kappa shape index (κ1) is 19.2. The summed E-state index contributed by atoms with van der Waals surface area (Å²) in [4.78, 5) is 4.22. The zero-order valence-electron chi connectivity index (χ0n) is 14.3. The molecule has 26 heavy (non-hydrogen) atoms. The number of aliphatic hydroxyl groups is 2. The number of nitrogens with zero attached hydrogens (tertiary/aromatic N) is 1. The topological polar surface area (TPSA) is 66.5 Å². The first-order valence-corrected chi connectivity index (χ1v) is 8.91. The van der Waals surface area contributed by atoms with Crippen LogP contribution in [0.25, 0.3) is 22.4 Å². The van der Waals surface area contributed by atoms with Crippen LogP contribution in [0, 0.1) is 17.9 Å². The van der Waals surface area contributed by atoms with Crippen molar-refractivity contribution in [1.82, 2.24) is 4.98 Å². The van der Waals surface area contributed by atoms with E-state index in [9.17, 15) is 10.2 Å². The van der Waals surface area contributed by atoms with Crippen molar-refractivity contribution in [3.8, 4) is 11.5 Å². The Labute approximate surface area is 166 Å². The molecule has 139 valence electrons. The third-order valence-corrected chi connectivity index (χ3v) is 5.34. The molecule has 0 saturated heterocycles. The molecule has 1 aromatic carbocycles. The standard InChI is InChI=1S/C13H8NO.C8H14O2.Ir/c1-2-7-12-10(5-1)9-13(15-12)11-6-3-4-8-14-11;9-6-3-1-5-2-4-7(10)8(5)6;/h1-8H;5-10H,1-4H2;/q-1;;. The third kappa shape index (κ3) is 3.91. The number of rotatable bonds is 1. The van der Waals surface area contributed by atoms with Gasteiger partial charge in [-0.05, 0) is 37.7 Å². The van der Waals surface area contributed by atoms with Gasteiger partial charge in [-0.1, -0.05) is 30.3 Å². The van der Waals surface area contributed by atoms with Gasteiger partial charge in [0, 0.05) is 43.5 Å². The van der Waals surface area contributed by atoms with Gasteiger partial charge < -0.3 is 19.6 Å². The van der Waals surface area contributed by atoms with Gasteiger partial charge >= 0.3 is 0 Å². The molecule has 2 N–H and O–H groups in total. The average Bonchev–Trinajstić information content (AvgIpc) is 3.34. The van der Waals surface area contributed by atoms with Gasteiger partial charge in [-0.25, -0.2) is 0 Å². The molecule has 2 aromatic heterocycles. The maximum Gasteiger partial charge on any atom is 0.0595 e. The largest absolute Gasteiger partial charge is 0.518 e. The van der Waals surface area contributed by atoms with E-state index in [0.717, 1.165) is 42.3 Å². The molecule has 1 radical (unpaired) electrons. The molecule has 0 bridgehead atoms. The first-order chi connectivity index (χ1) is 12.2. The molecular weight excluding hydrogens is 506 g/mol. The Kier molecular flexibility index (Phi) is 6.25. The monoisotopic (exact) mass is 529 g/mol. The molecule has 2 atom stereocenters. The van der Waals surface area contributed by atoms with Gasteiger partial charge in [0.15, 0.2) is 0 Å². The van der Waals surface area contributed by atoms with E-state index in [4.69, 9.17) is 4.42 Å². The number of benzene rings is 1. The van der Waals surface area contributed by atoms with Gasteiger partial charge in [-0.3, -0.25) is 0 Å². The minimum Gasteiger partial charge on any atom is -0.518 e. The first-order valence-electron chi connectivity index (χ1n) is 8.91. The van der Waals surface area contributed by atoms with Crippen LogP contribution in [0.1, 0.15) is 25.7 Å². The van der Waals surface area contributed by atoms with Crippen LogP contribution in [-0.4, -0.2) is 27.4 Å². The van der Waals surface area contributed by atoms with Gasteiger partial charge in [0.25, 0.3) is 0 Å². The quantitative estimate of drug-likeness (QED) is 0.472. The average molecular weight is 529 g/mol. The van der Waals surface area contributed by atoms with E-state index in [2.05, 4.69) is 11.1 Å². The second kappa shape index (κ2) is 8.45. The summed E-state index contributed by atoms with van der Waals surface area (Å²) in [7, 11) is 0. The fourth-order valence-corrected chi connectivity index (χ4v) is 4.10. The Bertz CT molecular complexity index is 788. The minimum atomic E-state index is -0.206. The maximum atomic E-state index is 9.41. The van der Waals surface area contributed by atoms with Crippen LogP contribution < -0.4 is 0 Å². The van der Waals surface area contributed by atoms with Crippen LogP contribution in [0.3, 0.4) is 0 Å². The van der Waals surface area contributed by atoms with E-state index in [1.807, 2.05) is 42.5 Å². The normalized spacial score (nSPS) is 26.7. The Morgan fingerprint density at radius 3 is 2.23 bits per heavy atom. The van der Waals surface area contributed by atoms with Crippen LogP contribution in [0.2, 0.25) is 0 Å². The number of hydrogen-bond donors (Lipinski definition) is 2. The number of hydrogen-bond acceptors (Lipinski definition) is 4. The van der Waals surface area contributed by atoms with Crippen molar-refractivity contribution in [2.75, 3.05) is 0 Å². The van der Waals surface area contributed by atoms with Gasteiger partial charge in [0.2, 0.25) is 0 Å². The third-order valence-electron chi connectivity index (χ3n) is 5.34. The van der Waals surface area contributed by atoms with Crippen molar-refractivity contribution in [3.63, 3.8) is 0 Å². The summed E-state index contributed by atoms with van der Waals surface area (Å²) < 4.78 is 5.64. The van der Waals surface area contributed by atoms with E-state index < -0.39 is 0 Å². The van der Waals surface area contributed by atoms with E-state index in [0.29, 0.717) is 11.7 Å². The molecule has 5 heteroatoms. The fourth-order valence-electron chi connectivity index (χ4n) is 4.10. The summed E-state index contributed by atoms with van der Waals surface area (Å²) >= 11 is 0. The van der Waals surface area contributed by atoms with Crippen molar-refractivity contribution in [3.05, 3.63) is 54.7 Å². The summed E-state index contributed by atoms with van der Waals surface area (Å²) in [5.74, 6) is 1.54. The number of furan rings is 1. The molecule has 2 saturated carbocycles. The second-order valence-corrected chi connectivity index (χ2v) is 6.89. The summed E-state index contributed by atoms with van der Waals surface area (Å²) in [6.45, 7) is 0. The van der Waals surface area contributed by atoms with E-state index in [1.54, 1.807) is 6.20 Å². The maximum absolute atomic E-state index is 9.41. The number of aromatic nitrogens is 1. The van der Waals surface area contributed by atoms with E-state index >= 15 is 0 Å². The van der Waals surface area contributed by atoms with Crippen LogP contribution in [0.4, 0.5) is 0 Å². The van der Waals surface area contributed by atoms with E-state index in [1.165, 1.54) is 0 Å². The Morgan fingerprint density at radius 1 is 0.923 bits per heavy atom. The summed E-state index contributed by atoms with van der Waals surface area (Å²) in [5.41, 5.74) is 1.66. The zero-order chi connectivity index (χ0) is 17.2. The molecule has 0 spiro atoms. The fraction of sp³-hybridized carbons (Fsp3) is 0.381. The van der Waals surface area contributed by atoms with Gasteiger partial charge in [0.1, 0.15) is 0 Å². The number of fused-ring (bicyclic) bond motifs is 2. The van der Waals surface area contributed by atoms with Crippen molar-refractivity contribution in [2.24, 2.45) is 11.8 Å². The predicted octanol–water partition coefficient (Wildman–Crippen LogP) is 3.82. The van der Waals surface area contributed by atoms with Crippen LogP contribution >= 0.6 is 0 Å². The number of para-hydroxylation sites is 1. The molecular formula is C21H22IrNO3-. The summed E-state index contributed by atoms with van der Waals surface area (Å²) in [6, 6.07) is 16.7. The van der Waals surface area contributed by atoms with Crippen LogP contribution in [0.5, 0.6) is 0 Å².